The smallest absolute Gasteiger partial charge is 0.311 e. The van der Waals surface area contributed by atoms with E-state index in [2.05, 4.69) is 15.9 Å². The van der Waals surface area contributed by atoms with Gasteiger partial charge in [0.05, 0.1) is 5.92 Å². The minimum Gasteiger partial charge on any atom is -0.481 e. The molecule has 2 rings (SSSR count). The predicted octanol–water partition coefficient (Wildman–Crippen LogP) is 4.14. The molecule has 0 amide bonds. The molecule has 0 radical (unpaired) electrons. The van der Waals surface area contributed by atoms with E-state index in [1.807, 2.05) is 0 Å². The van der Waals surface area contributed by atoms with Gasteiger partial charge in [-0.15, -0.1) is 0 Å². The summed E-state index contributed by atoms with van der Waals surface area (Å²) in [4.78, 5) is 11.4. The Morgan fingerprint density at radius 1 is 1.10 bits per heavy atom. The number of carboxylic acids is 1. The highest BCUT2D eigenvalue weighted by Gasteiger charge is 2.20. The number of hydrogen-bond acceptors (Lipinski definition) is 1. The average molecular weight is 341 g/mol. The van der Waals surface area contributed by atoms with Gasteiger partial charge in [0.15, 0.2) is 11.6 Å². The molecule has 2 nitrogen and oxygen atoms in total. The number of rotatable bonds is 4. The summed E-state index contributed by atoms with van der Waals surface area (Å²) in [7, 11) is 0. The van der Waals surface area contributed by atoms with E-state index in [1.165, 1.54) is 6.07 Å². The zero-order chi connectivity index (χ0) is 14.7. The molecule has 0 spiro atoms. The quantitative estimate of drug-likeness (QED) is 0.908. The molecule has 2 aromatic rings. The number of aliphatic carboxylic acids is 1. The van der Waals surface area contributed by atoms with Gasteiger partial charge in [0.1, 0.15) is 0 Å². The van der Waals surface area contributed by atoms with Gasteiger partial charge >= 0.3 is 5.97 Å². The van der Waals surface area contributed by atoms with E-state index < -0.39 is 23.5 Å². The molecule has 1 unspecified atom stereocenters. The van der Waals surface area contributed by atoms with Crippen molar-refractivity contribution in [2.45, 2.75) is 12.3 Å². The van der Waals surface area contributed by atoms with E-state index in [1.54, 1.807) is 24.3 Å². The van der Waals surface area contributed by atoms with Crippen LogP contribution in [0.2, 0.25) is 0 Å². The fourth-order valence-electron chi connectivity index (χ4n) is 1.95. The summed E-state index contributed by atoms with van der Waals surface area (Å²) in [6.45, 7) is 0. The molecule has 0 heterocycles. The molecule has 0 aliphatic carbocycles. The topological polar surface area (TPSA) is 37.3 Å². The standard InChI is InChI=1S/C15H11BrF2O2/c16-11-4-2-10(3-5-11)12(15(19)20)7-9-1-6-13(17)14(18)8-9/h1-6,8,12H,7H2,(H,19,20). The van der Waals surface area contributed by atoms with Crippen molar-refractivity contribution in [3.05, 3.63) is 69.7 Å². The first kappa shape index (κ1) is 14.7. The van der Waals surface area contributed by atoms with Crippen molar-refractivity contribution in [2.75, 3.05) is 0 Å². The van der Waals surface area contributed by atoms with E-state index in [-0.39, 0.29) is 6.42 Å². The minimum atomic E-state index is -1.00. The van der Waals surface area contributed by atoms with Gasteiger partial charge < -0.3 is 5.11 Å². The Balaban J connectivity index is 2.27. The van der Waals surface area contributed by atoms with Crippen molar-refractivity contribution in [1.82, 2.24) is 0 Å². The number of hydrogen-bond donors (Lipinski definition) is 1. The molecule has 0 aliphatic heterocycles. The first-order chi connectivity index (χ1) is 9.47. The van der Waals surface area contributed by atoms with E-state index in [0.29, 0.717) is 11.1 Å². The summed E-state index contributed by atoms with van der Waals surface area (Å²) < 4.78 is 26.9. The summed E-state index contributed by atoms with van der Waals surface area (Å²) in [5.74, 6) is -3.71. The molecule has 0 bridgehead atoms. The van der Waals surface area contributed by atoms with Crippen LogP contribution in [0.15, 0.2) is 46.9 Å². The van der Waals surface area contributed by atoms with Crippen molar-refractivity contribution in [2.24, 2.45) is 0 Å². The van der Waals surface area contributed by atoms with Crippen LogP contribution in [0.25, 0.3) is 0 Å². The van der Waals surface area contributed by atoms with Crippen molar-refractivity contribution in [3.63, 3.8) is 0 Å². The molecule has 0 fully saturated rings. The largest absolute Gasteiger partial charge is 0.481 e. The zero-order valence-electron chi connectivity index (χ0n) is 10.3. The van der Waals surface area contributed by atoms with Gasteiger partial charge in [0.25, 0.3) is 0 Å². The molecule has 104 valence electrons. The third-order valence-corrected chi connectivity index (χ3v) is 3.52. The molecular formula is C15H11BrF2O2. The number of halogens is 3. The SMILES string of the molecule is O=C(O)C(Cc1ccc(F)c(F)c1)c1ccc(Br)cc1. The van der Waals surface area contributed by atoms with Gasteiger partial charge in [-0.05, 0) is 41.8 Å². The lowest BCUT2D eigenvalue weighted by Gasteiger charge is -2.13. The second kappa shape index (κ2) is 6.13. The third kappa shape index (κ3) is 3.42. The predicted molar refractivity (Wildman–Crippen MR) is 74.6 cm³/mol. The molecule has 0 saturated heterocycles. The molecule has 1 atom stereocenters. The number of carbonyl (C=O) groups is 1. The van der Waals surface area contributed by atoms with E-state index in [4.69, 9.17) is 0 Å². The van der Waals surface area contributed by atoms with Crippen LogP contribution in [-0.4, -0.2) is 11.1 Å². The van der Waals surface area contributed by atoms with Gasteiger partial charge in [0.2, 0.25) is 0 Å². The molecule has 20 heavy (non-hydrogen) atoms. The van der Waals surface area contributed by atoms with Crippen molar-refractivity contribution >= 4 is 21.9 Å². The number of carboxylic acid groups (broad SMARTS) is 1. The summed E-state index contributed by atoms with van der Waals surface area (Å²) in [6, 6.07) is 10.3. The van der Waals surface area contributed by atoms with Crippen LogP contribution in [0.3, 0.4) is 0 Å². The maximum absolute atomic E-state index is 13.2. The van der Waals surface area contributed by atoms with Gasteiger partial charge in [-0.1, -0.05) is 34.1 Å². The van der Waals surface area contributed by atoms with Crippen LogP contribution in [0.5, 0.6) is 0 Å². The monoisotopic (exact) mass is 340 g/mol. The summed E-state index contributed by atoms with van der Waals surface area (Å²) in [5, 5.41) is 9.30. The molecule has 5 heteroatoms. The Morgan fingerprint density at radius 2 is 1.75 bits per heavy atom. The Kier molecular flexibility index (Phi) is 4.49. The molecule has 0 saturated carbocycles. The van der Waals surface area contributed by atoms with E-state index in [0.717, 1.165) is 16.6 Å². The van der Waals surface area contributed by atoms with Crippen molar-refractivity contribution < 1.29 is 18.7 Å². The second-order valence-electron chi connectivity index (χ2n) is 4.39. The number of benzene rings is 2. The first-order valence-electron chi connectivity index (χ1n) is 5.89. The van der Waals surface area contributed by atoms with Crippen LogP contribution in [0.4, 0.5) is 8.78 Å². The first-order valence-corrected chi connectivity index (χ1v) is 6.69. The van der Waals surface area contributed by atoms with E-state index >= 15 is 0 Å². The maximum atomic E-state index is 13.2. The van der Waals surface area contributed by atoms with Gasteiger partial charge in [0, 0.05) is 4.47 Å². The van der Waals surface area contributed by atoms with Crippen LogP contribution in [0.1, 0.15) is 17.0 Å². The van der Waals surface area contributed by atoms with Gasteiger partial charge in [-0.25, -0.2) is 8.78 Å². The lowest BCUT2D eigenvalue weighted by atomic mass is 9.92. The van der Waals surface area contributed by atoms with E-state index in [9.17, 15) is 18.7 Å². The Labute approximate surface area is 123 Å². The Bertz CT molecular complexity index is 626. The minimum absolute atomic E-state index is 0.105. The fraction of sp³-hybridized carbons (Fsp3) is 0.133. The highest BCUT2D eigenvalue weighted by Crippen LogP contribution is 2.24. The zero-order valence-corrected chi connectivity index (χ0v) is 11.9. The van der Waals surface area contributed by atoms with Crippen LogP contribution in [0, 0.1) is 11.6 Å². The molecular weight excluding hydrogens is 330 g/mol. The van der Waals surface area contributed by atoms with Gasteiger partial charge in [-0.2, -0.15) is 0 Å². The van der Waals surface area contributed by atoms with Crippen LogP contribution < -0.4 is 0 Å². The van der Waals surface area contributed by atoms with Gasteiger partial charge in [-0.3, -0.25) is 4.79 Å². The summed E-state index contributed by atoms with van der Waals surface area (Å²) in [5.41, 5.74) is 1.06. The molecule has 2 aromatic carbocycles. The summed E-state index contributed by atoms with van der Waals surface area (Å²) in [6.07, 6.45) is 0.105. The highest BCUT2D eigenvalue weighted by molar-refractivity contribution is 9.10. The van der Waals surface area contributed by atoms with Crippen LogP contribution >= 0.6 is 15.9 Å². The maximum Gasteiger partial charge on any atom is 0.311 e. The lowest BCUT2D eigenvalue weighted by Crippen LogP contribution is -2.14. The fourth-order valence-corrected chi connectivity index (χ4v) is 2.21. The molecule has 1 N–H and O–H groups in total. The average Bonchev–Trinajstić information content (AvgIpc) is 2.41. The van der Waals surface area contributed by atoms with Crippen LogP contribution in [-0.2, 0) is 11.2 Å². The summed E-state index contributed by atoms with van der Waals surface area (Å²) >= 11 is 3.28. The van der Waals surface area contributed by atoms with Crippen molar-refractivity contribution in [3.8, 4) is 0 Å². The lowest BCUT2D eigenvalue weighted by molar-refractivity contribution is -0.138. The second-order valence-corrected chi connectivity index (χ2v) is 5.31. The normalized spacial score (nSPS) is 12.2. The van der Waals surface area contributed by atoms with Crippen molar-refractivity contribution in [1.29, 1.82) is 0 Å². The Morgan fingerprint density at radius 3 is 2.30 bits per heavy atom. The Hall–Kier alpha value is -1.75. The molecule has 0 aliphatic rings. The highest BCUT2D eigenvalue weighted by atomic mass is 79.9. The molecule has 0 aromatic heterocycles. The third-order valence-electron chi connectivity index (χ3n) is 2.99.